The quantitative estimate of drug-likeness (QED) is 0.739. The van der Waals surface area contributed by atoms with Crippen molar-refractivity contribution in [3.63, 3.8) is 0 Å². The highest BCUT2D eigenvalue weighted by Crippen LogP contribution is 2.22. The van der Waals surface area contributed by atoms with Gasteiger partial charge in [0.2, 0.25) is 0 Å². The third-order valence-electron chi connectivity index (χ3n) is 2.66. The van der Waals surface area contributed by atoms with E-state index in [0.717, 1.165) is 5.56 Å². The Balaban J connectivity index is 2.25. The summed E-state index contributed by atoms with van der Waals surface area (Å²) in [6.07, 6.45) is -4.26. The normalized spacial score (nSPS) is 13.6. The van der Waals surface area contributed by atoms with E-state index >= 15 is 0 Å². The summed E-state index contributed by atoms with van der Waals surface area (Å²) in [5.74, 6) is 0. The molecule has 1 rings (SSSR count). The van der Waals surface area contributed by atoms with Gasteiger partial charge in [0.15, 0.2) is 0 Å². The van der Waals surface area contributed by atoms with Gasteiger partial charge in [-0.3, -0.25) is 0 Å². The average Bonchev–Trinajstić information content (AvgIpc) is 2.33. The Morgan fingerprint density at radius 2 is 1.78 bits per heavy atom. The van der Waals surface area contributed by atoms with Crippen LogP contribution in [0.2, 0.25) is 0 Å². The van der Waals surface area contributed by atoms with Crippen molar-refractivity contribution in [3.05, 3.63) is 35.9 Å². The molecule has 1 atom stereocenters. The molecule has 0 aromatic heterocycles. The van der Waals surface area contributed by atoms with Crippen molar-refractivity contribution in [3.8, 4) is 0 Å². The van der Waals surface area contributed by atoms with Crippen molar-refractivity contribution < 1.29 is 18.3 Å². The fourth-order valence-electron chi connectivity index (χ4n) is 1.70. The Bertz CT molecular complexity index is 327. The van der Waals surface area contributed by atoms with E-state index in [0.29, 0.717) is 13.0 Å². The molecule has 1 aromatic carbocycles. The summed E-state index contributed by atoms with van der Waals surface area (Å²) < 4.78 is 35.7. The van der Waals surface area contributed by atoms with Crippen LogP contribution in [0.1, 0.15) is 30.9 Å². The molecule has 5 heteroatoms. The van der Waals surface area contributed by atoms with Crippen molar-refractivity contribution in [2.24, 2.45) is 0 Å². The Labute approximate surface area is 105 Å². The Morgan fingerprint density at radius 1 is 1.11 bits per heavy atom. The van der Waals surface area contributed by atoms with Crippen LogP contribution in [0.4, 0.5) is 13.2 Å². The van der Waals surface area contributed by atoms with Crippen molar-refractivity contribution in [2.75, 3.05) is 13.2 Å². The first-order valence-corrected chi connectivity index (χ1v) is 5.99. The van der Waals surface area contributed by atoms with Crippen molar-refractivity contribution in [1.82, 2.24) is 5.32 Å². The van der Waals surface area contributed by atoms with E-state index in [1.165, 1.54) is 0 Å². The molecule has 0 saturated heterocycles. The molecule has 0 radical (unpaired) electrons. The zero-order valence-corrected chi connectivity index (χ0v) is 10.1. The van der Waals surface area contributed by atoms with Gasteiger partial charge in [-0.15, -0.1) is 0 Å². The number of rotatable bonds is 7. The van der Waals surface area contributed by atoms with Gasteiger partial charge in [0, 0.05) is 6.42 Å². The zero-order chi connectivity index (χ0) is 13.4. The summed E-state index contributed by atoms with van der Waals surface area (Å²) in [5, 5.41) is 12.3. The zero-order valence-electron chi connectivity index (χ0n) is 10.1. The lowest BCUT2D eigenvalue weighted by Gasteiger charge is -2.16. The molecule has 1 unspecified atom stereocenters. The van der Waals surface area contributed by atoms with Gasteiger partial charge in [-0.25, -0.2) is 0 Å². The number of hydrogen-bond donors (Lipinski definition) is 2. The molecule has 0 saturated carbocycles. The number of halogens is 3. The smallest absolute Gasteiger partial charge is 0.389 e. The van der Waals surface area contributed by atoms with Crippen LogP contribution in [-0.2, 0) is 0 Å². The molecule has 0 heterocycles. The van der Waals surface area contributed by atoms with Crippen LogP contribution >= 0.6 is 0 Å². The monoisotopic (exact) mass is 261 g/mol. The molecule has 0 bridgehead atoms. The molecule has 0 aliphatic heterocycles. The maximum absolute atomic E-state index is 11.9. The first-order valence-electron chi connectivity index (χ1n) is 5.99. The van der Waals surface area contributed by atoms with Gasteiger partial charge in [-0.05, 0) is 24.9 Å². The number of nitrogens with one attached hydrogen (secondary N) is 1. The van der Waals surface area contributed by atoms with Crippen LogP contribution in [0.5, 0.6) is 0 Å². The van der Waals surface area contributed by atoms with E-state index in [1.807, 2.05) is 30.3 Å². The predicted molar refractivity (Wildman–Crippen MR) is 64.2 cm³/mol. The molecular weight excluding hydrogens is 243 g/mol. The highest BCUT2D eigenvalue weighted by molar-refractivity contribution is 5.18. The summed E-state index contributed by atoms with van der Waals surface area (Å²) in [7, 11) is 0. The number of unbranched alkanes of at least 4 members (excludes halogenated alkanes) is 1. The fourth-order valence-corrected chi connectivity index (χ4v) is 1.70. The van der Waals surface area contributed by atoms with Gasteiger partial charge in [-0.1, -0.05) is 30.3 Å². The number of hydrogen-bond acceptors (Lipinski definition) is 2. The third-order valence-corrected chi connectivity index (χ3v) is 2.66. The second-order valence-electron chi connectivity index (χ2n) is 4.17. The summed E-state index contributed by atoms with van der Waals surface area (Å²) in [6.45, 7) is 0.402. The van der Waals surface area contributed by atoms with Crippen LogP contribution in [-0.4, -0.2) is 24.4 Å². The van der Waals surface area contributed by atoms with Crippen LogP contribution < -0.4 is 5.32 Å². The predicted octanol–water partition coefficient (Wildman–Crippen LogP) is 3.04. The minimum atomic E-state index is -4.07. The molecule has 102 valence electrons. The average molecular weight is 261 g/mol. The van der Waals surface area contributed by atoms with Crippen LogP contribution in [0.25, 0.3) is 0 Å². The fraction of sp³-hybridized carbons (Fsp3) is 0.538. The van der Waals surface area contributed by atoms with Gasteiger partial charge < -0.3 is 10.4 Å². The second-order valence-corrected chi connectivity index (χ2v) is 4.17. The van der Waals surface area contributed by atoms with E-state index in [9.17, 15) is 18.3 Å². The lowest BCUT2D eigenvalue weighted by atomic mass is 10.1. The molecule has 1 aromatic rings. The van der Waals surface area contributed by atoms with E-state index in [2.05, 4.69) is 5.32 Å². The van der Waals surface area contributed by atoms with Crippen LogP contribution in [0.15, 0.2) is 30.3 Å². The van der Waals surface area contributed by atoms with Crippen molar-refractivity contribution in [1.29, 1.82) is 0 Å². The molecule has 18 heavy (non-hydrogen) atoms. The molecule has 2 N–H and O–H groups in total. The van der Waals surface area contributed by atoms with Gasteiger partial charge in [-0.2, -0.15) is 13.2 Å². The molecule has 0 aliphatic carbocycles. The van der Waals surface area contributed by atoms with Crippen molar-refractivity contribution >= 4 is 0 Å². The Kier molecular flexibility index (Phi) is 6.15. The van der Waals surface area contributed by atoms with Gasteiger partial charge in [0.25, 0.3) is 0 Å². The summed E-state index contributed by atoms with van der Waals surface area (Å²) in [4.78, 5) is 0. The lowest BCUT2D eigenvalue weighted by molar-refractivity contribution is -0.135. The number of alkyl halides is 3. The minimum Gasteiger partial charge on any atom is -0.394 e. The summed E-state index contributed by atoms with van der Waals surface area (Å²) in [5.41, 5.74) is 0.941. The Morgan fingerprint density at radius 3 is 2.33 bits per heavy atom. The van der Waals surface area contributed by atoms with E-state index in [-0.39, 0.29) is 19.1 Å². The molecule has 2 nitrogen and oxygen atoms in total. The molecule has 0 spiro atoms. The maximum atomic E-state index is 11.9. The Hall–Kier alpha value is -1.07. The largest absolute Gasteiger partial charge is 0.394 e. The standard InChI is InChI=1S/C13H18F3NO/c14-13(15,16)8-4-5-9-17-12(10-18)11-6-2-1-3-7-11/h1-3,6-7,12,17-18H,4-5,8-10H2. The minimum absolute atomic E-state index is 0.0662. The number of benzene rings is 1. The third kappa shape index (κ3) is 6.02. The molecular formula is C13H18F3NO. The highest BCUT2D eigenvalue weighted by Gasteiger charge is 2.25. The molecule has 0 amide bonds. The SMILES string of the molecule is OCC(NCCCCC(F)(F)F)c1ccccc1. The summed E-state index contributed by atoms with van der Waals surface area (Å²) >= 11 is 0. The second kappa shape index (κ2) is 7.38. The highest BCUT2D eigenvalue weighted by atomic mass is 19.4. The maximum Gasteiger partial charge on any atom is 0.389 e. The number of aliphatic hydroxyl groups excluding tert-OH is 1. The first kappa shape index (κ1) is 15.0. The number of aliphatic hydroxyl groups is 1. The molecule has 0 fully saturated rings. The van der Waals surface area contributed by atoms with Crippen LogP contribution in [0, 0.1) is 0 Å². The summed E-state index contributed by atoms with van der Waals surface area (Å²) in [6, 6.07) is 9.15. The first-order chi connectivity index (χ1) is 8.53. The topological polar surface area (TPSA) is 32.3 Å². The molecule has 0 aliphatic rings. The lowest BCUT2D eigenvalue weighted by Crippen LogP contribution is -2.25. The van der Waals surface area contributed by atoms with Crippen LogP contribution in [0.3, 0.4) is 0 Å². The van der Waals surface area contributed by atoms with E-state index in [4.69, 9.17) is 0 Å². The van der Waals surface area contributed by atoms with Gasteiger partial charge in [0.05, 0.1) is 12.6 Å². The van der Waals surface area contributed by atoms with E-state index < -0.39 is 12.6 Å². The van der Waals surface area contributed by atoms with Gasteiger partial charge in [0.1, 0.15) is 0 Å². The van der Waals surface area contributed by atoms with E-state index in [1.54, 1.807) is 0 Å². The van der Waals surface area contributed by atoms with Crippen molar-refractivity contribution in [2.45, 2.75) is 31.5 Å². The van der Waals surface area contributed by atoms with Gasteiger partial charge >= 0.3 is 6.18 Å².